The molecule has 2 rings (SSSR count). The average Bonchev–Trinajstić information content (AvgIpc) is 2.44. The SMILES string of the molecule is COc1ccc(C(CN)Nc2cc(F)cc(Cl)c2)cc1. The van der Waals surface area contributed by atoms with Crippen molar-refractivity contribution in [2.75, 3.05) is 19.0 Å². The van der Waals surface area contributed by atoms with Gasteiger partial charge in [-0.05, 0) is 35.9 Å². The number of nitrogens with two attached hydrogens (primary N) is 1. The normalized spacial score (nSPS) is 12.0. The number of nitrogens with one attached hydrogen (secondary N) is 1. The lowest BCUT2D eigenvalue weighted by atomic mass is 10.1. The second kappa shape index (κ2) is 6.59. The van der Waals surface area contributed by atoms with Crippen LogP contribution in [0.4, 0.5) is 10.1 Å². The summed E-state index contributed by atoms with van der Waals surface area (Å²) in [6.45, 7) is 0.375. The number of benzene rings is 2. The van der Waals surface area contributed by atoms with Crippen molar-refractivity contribution >= 4 is 17.3 Å². The molecule has 0 aromatic heterocycles. The molecule has 0 radical (unpaired) electrons. The van der Waals surface area contributed by atoms with Crippen LogP contribution in [-0.2, 0) is 0 Å². The summed E-state index contributed by atoms with van der Waals surface area (Å²) in [5.74, 6) is 0.392. The van der Waals surface area contributed by atoms with Gasteiger partial charge in [-0.3, -0.25) is 0 Å². The van der Waals surface area contributed by atoms with Crippen molar-refractivity contribution < 1.29 is 9.13 Å². The van der Waals surface area contributed by atoms with E-state index in [0.717, 1.165) is 11.3 Å². The molecule has 5 heteroatoms. The minimum absolute atomic E-state index is 0.126. The Morgan fingerprint density at radius 3 is 2.50 bits per heavy atom. The fraction of sp³-hybridized carbons (Fsp3) is 0.200. The van der Waals surface area contributed by atoms with Gasteiger partial charge in [-0.2, -0.15) is 0 Å². The Bertz CT molecular complexity index is 554. The first-order valence-electron chi connectivity index (χ1n) is 6.19. The third kappa shape index (κ3) is 3.62. The highest BCUT2D eigenvalue weighted by Gasteiger charge is 2.10. The van der Waals surface area contributed by atoms with E-state index in [1.165, 1.54) is 12.1 Å². The van der Waals surface area contributed by atoms with E-state index in [4.69, 9.17) is 22.1 Å². The molecular formula is C15H16ClFN2O. The number of rotatable bonds is 5. The molecule has 3 N–H and O–H groups in total. The van der Waals surface area contributed by atoms with Crippen molar-refractivity contribution in [1.29, 1.82) is 0 Å². The van der Waals surface area contributed by atoms with Crippen LogP contribution in [0.15, 0.2) is 42.5 Å². The fourth-order valence-electron chi connectivity index (χ4n) is 1.95. The summed E-state index contributed by atoms with van der Waals surface area (Å²) in [4.78, 5) is 0. The zero-order valence-electron chi connectivity index (χ0n) is 11.1. The Balaban J connectivity index is 2.19. The van der Waals surface area contributed by atoms with E-state index in [0.29, 0.717) is 17.3 Å². The molecule has 1 unspecified atom stereocenters. The summed E-state index contributed by atoms with van der Waals surface area (Å²) in [6, 6.07) is 11.7. The van der Waals surface area contributed by atoms with E-state index in [9.17, 15) is 4.39 Å². The average molecular weight is 295 g/mol. The molecule has 0 amide bonds. The quantitative estimate of drug-likeness (QED) is 0.886. The molecule has 0 aliphatic rings. The van der Waals surface area contributed by atoms with Gasteiger partial charge in [-0.1, -0.05) is 23.7 Å². The van der Waals surface area contributed by atoms with E-state index in [-0.39, 0.29) is 11.9 Å². The molecule has 2 aromatic carbocycles. The van der Waals surface area contributed by atoms with Crippen LogP contribution in [0, 0.1) is 5.82 Å². The first-order chi connectivity index (χ1) is 9.62. The van der Waals surface area contributed by atoms with E-state index < -0.39 is 0 Å². The van der Waals surface area contributed by atoms with Gasteiger partial charge in [0.1, 0.15) is 11.6 Å². The lowest BCUT2D eigenvalue weighted by Gasteiger charge is -2.19. The van der Waals surface area contributed by atoms with Gasteiger partial charge < -0.3 is 15.8 Å². The zero-order chi connectivity index (χ0) is 14.5. The van der Waals surface area contributed by atoms with Crippen LogP contribution in [0.3, 0.4) is 0 Å². The Labute approximate surface area is 122 Å². The number of anilines is 1. The predicted molar refractivity (Wildman–Crippen MR) is 79.8 cm³/mol. The highest BCUT2D eigenvalue weighted by molar-refractivity contribution is 6.30. The summed E-state index contributed by atoms with van der Waals surface area (Å²) in [7, 11) is 1.61. The summed E-state index contributed by atoms with van der Waals surface area (Å²) in [6.07, 6.45) is 0. The Kier molecular flexibility index (Phi) is 4.82. The lowest BCUT2D eigenvalue weighted by molar-refractivity contribution is 0.414. The molecule has 0 saturated carbocycles. The summed E-state index contributed by atoms with van der Waals surface area (Å²) >= 11 is 5.83. The Morgan fingerprint density at radius 2 is 1.95 bits per heavy atom. The largest absolute Gasteiger partial charge is 0.497 e. The molecule has 3 nitrogen and oxygen atoms in total. The van der Waals surface area contributed by atoms with E-state index in [1.54, 1.807) is 13.2 Å². The second-order valence-electron chi connectivity index (χ2n) is 4.36. The van der Waals surface area contributed by atoms with E-state index in [1.807, 2.05) is 24.3 Å². The molecule has 0 saturated heterocycles. The molecule has 20 heavy (non-hydrogen) atoms. The third-order valence-electron chi connectivity index (χ3n) is 2.96. The van der Waals surface area contributed by atoms with Crippen molar-refractivity contribution in [3.8, 4) is 5.75 Å². The lowest BCUT2D eigenvalue weighted by Crippen LogP contribution is -2.20. The van der Waals surface area contributed by atoms with Gasteiger partial charge in [0, 0.05) is 17.3 Å². The Morgan fingerprint density at radius 1 is 1.25 bits per heavy atom. The summed E-state index contributed by atoms with van der Waals surface area (Å²) < 4.78 is 18.4. The first kappa shape index (κ1) is 14.6. The topological polar surface area (TPSA) is 47.3 Å². The number of hydrogen-bond donors (Lipinski definition) is 2. The molecule has 2 aromatic rings. The zero-order valence-corrected chi connectivity index (χ0v) is 11.8. The van der Waals surface area contributed by atoms with Crippen LogP contribution in [0.1, 0.15) is 11.6 Å². The molecule has 0 fully saturated rings. The van der Waals surface area contributed by atoms with Gasteiger partial charge in [-0.15, -0.1) is 0 Å². The van der Waals surface area contributed by atoms with Crippen LogP contribution in [0.2, 0.25) is 5.02 Å². The highest BCUT2D eigenvalue weighted by Crippen LogP contribution is 2.24. The first-order valence-corrected chi connectivity index (χ1v) is 6.57. The maximum absolute atomic E-state index is 13.3. The molecular weight excluding hydrogens is 279 g/mol. The molecule has 106 valence electrons. The molecule has 0 heterocycles. The number of halogens is 2. The van der Waals surface area contributed by atoms with Crippen molar-refractivity contribution in [2.24, 2.45) is 5.73 Å². The van der Waals surface area contributed by atoms with Gasteiger partial charge in [0.05, 0.1) is 13.2 Å². The van der Waals surface area contributed by atoms with E-state index >= 15 is 0 Å². The van der Waals surface area contributed by atoms with Gasteiger partial charge in [0.2, 0.25) is 0 Å². The van der Waals surface area contributed by atoms with Gasteiger partial charge >= 0.3 is 0 Å². The van der Waals surface area contributed by atoms with Gasteiger partial charge in [0.25, 0.3) is 0 Å². The van der Waals surface area contributed by atoms with Crippen molar-refractivity contribution in [3.63, 3.8) is 0 Å². The minimum atomic E-state index is -0.384. The Hall–Kier alpha value is -1.78. The summed E-state index contributed by atoms with van der Waals surface area (Å²) in [5.41, 5.74) is 7.37. The van der Waals surface area contributed by atoms with Gasteiger partial charge in [-0.25, -0.2) is 4.39 Å². The predicted octanol–water partition coefficient (Wildman–Crippen LogP) is 3.60. The van der Waals surface area contributed by atoms with E-state index in [2.05, 4.69) is 5.32 Å². The fourth-order valence-corrected chi connectivity index (χ4v) is 2.17. The standard InChI is InChI=1S/C15H16ClFN2O/c1-20-14-4-2-10(3-5-14)15(9-18)19-13-7-11(16)6-12(17)8-13/h2-8,15,19H,9,18H2,1H3. The van der Waals surface area contributed by atoms with Crippen LogP contribution in [0.5, 0.6) is 5.75 Å². The molecule has 0 bridgehead atoms. The van der Waals surface area contributed by atoms with Gasteiger partial charge in [0.15, 0.2) is 0 Å². The van der Waals surface area contributed by atoms with Crippen LogP contribution >= 0.6 is 11.6 Å². The number of hydrogen-bond acceptors (Lipinski definition) is 3. The number of methoxy groups -OCH3 is 1. The second-order valence-corrected chi connectivity index (χ2v) is 4.80. The molecule has 0 spiro atoms. The van der Waals surface area contributed by atoms with Crippen molar-refractivity contribution in [2.45, 2.75) is 6.04 Å². The van der Waals surface area contributed by atoms with Crippen LogP contribution < -0.4 is 15.8 Å². The molecule has 1 atom stereocenters. The third-order valence-corrected chi connectivity index (χ3v) is 3.18. The maximum Gasteiger partial charge on any atom is 0.126 e. The molecule has 0 aliphatic carbocycles. The maximum atomic E-state index is 13.3. The molecule has 0 aliphatic heterocycles. The van der Waals surface area contributed by atoms with Crippen LogP contribution in [0.25, 0.3) is 0 Å². The smallest absolute Gasteiger partial charge is 0.126 e. The monoisotopic (exact) mass is 294 g/mol. The van der Waals surface area contributed by atoms with Crippen LogP contribution in [-0.4, -0.2) is 13.7 Å². The summed E-state index contributed by atoms with van der Waals surface area (Å²) in [5, 5.41) is 3.52. The number of ether oxygens (including phenoxy) is 1. The van der Waals surface area contributed by atoms with Crippen molar-refractivity contribution in [3.05, 3.63) is 58.9 Å². The highest BCUT2D eigenvalue weighted by atomic mass is 35.5. The minimum Gasteiger partial charge on any atom is -0.497 e. The van der Waals surface area contributed by atoms with Crippen molar-refractivity contribution in [1.82, 2.24) is 0 Å².